The quantitative estimate of drug-likeness (QED) is 0.705. The van der Waals surface area contributed by atoms with Crippen molar-refractivity contribution in [1.82, 2.24) is 0 Å². The van der Waals surface area contributed by atoms with Crippen molar-refractivity contribution in [2.75, 3.05) is 13.2 Å². The lowest BCUT2D eigenvalue weighted by Crippen LogP contribution is -2.66. The third kappa shape index (κ3) is 2.49. The van der Waals surface area contributed by atoms with Gasteiger partial charge in [0.15, 0.2) is 0 Å². The highest BCUT2D eigenvalue weighted by Gasteiger charge is 2.76. The Morgan fingerprint density at radius 3 is 2.60 bits per heavy atom. The molecule has 1 saturated heterocycles. The highest BCUT2D eigenvalue weighted by Crippen LogP contribution is 2.74. The molecule has 0 amide bonds. The first-order valence-corrected chi connectivity index (χ1v) is 11.9. The summed E-state index contributed by atoms with van der Waals surface area (Å²) >= 11 is 0. The van der Waals surface area contributed by atoms with Gasteiger partial charge in [0, 0.05) is 18.8 Å². The molecule has 0 aromatic heterocycles. The number of ether oxygens (including phenoxy) is 3. The van der Waals surface area contributed by atoms with Crippen LogP contribution in [0.2, 0.25) is 0 Å². The molecule has 6 nitrogen and oxygen atoms in total. The van der Waals surface area contributed by atoms with Gasteiger partial charge in [-0.25, -0.2) is 0 Å². The normalized spacial score (nSPS) is 51.5. The molecule has 168 valence electrons. The monoisotopic (exact) mass is 420 g/mol. The van der Waals surface area contributed by atoms with Crippen molar-refractivity contribution in [3.63, 3.8) is 0 Å². The molecule has 5 rings (SSSR count). The summed E-state index contributed by atoms with van der Waals surface area (Å²) in [5.41, 5.74) is -1.39. The van der Waals surface area contributed by atoms with Gasteiger partial charge < -0.3 is 19.3 Å². The van der Waals surface area contributed by atoms with Crippen LogP contribution in [0.1, 0.15) is 78.6 Å². The van der Waals surface area contributed by atoms with Gasteiger partial charge in [0.25, 0.3) is 0 Å². The predicted molar refractivity (Wildman–Crippen MR) is 108 cm³/mol. The van der Waals surface area contributed by atoms with Crippen LogP contribution >= 0.6 is 0 Å². The topological polar surface area (TPSA) is 82.1 Å². The molecule has 2 bridgehead atoms. The maximum absolute atomic E-state index is 12.7. The van der Waals surface area contributed by atoms with E-state index in [0.717, 1.165) is 44.9 Å². The van der Waals surface area contributed by atoms with Crippen LogP contribution < -0.4 is 0 Å². The van der Waals surface area contributed by atoms with Crippen molar-refractivity contribution in [3.8, 4) is 0 Å². The number of carbonyl (C=O) groups is 2. The van der Waals surface area contributed by atoms with E-state index >= 15 is 0 Å². The zero-order valence-corrected chi connectivity index (χ0v) is 18.6. The Bertz CT molecular complexity index is 752. The van der Waals surface area contributed by atoms with E-state index in [9.17, 15) is 14.7 Å². The predicted octanol–water partition coefficient (Wildman–Crippen LogP) is 3.39. The SMILES string of the molecule is CCOC(=O)[C@H]1CC[C@@H]2[C@]1(C)CC[C@H]1[C@@]23CC[C@]2(O)C[C@H](OC(C)=O)CC[C@]12CO3. The molecular formula is C24H36O6. The standard InChI is InChI=1S/C24H36O6/c1-4-28-20(26)17-5-6-18-21(17,3)9-8-19-22-10-7-16(30-15(2)25)13-23(22,27)11-12-24(18,19)29-14-22/h16-19,27H,4-14H2,1-3H3/t16-,17-,18-,19-,21-,22+,23+,24-/m1/s1. The minimum atomic E-state index is -0.830. The zero-order chi connectivity index (χ0) is 21.4. The van der Waals surface area contributed by atoms with Crippen LogP contribution in [0.15, 0.2) is 0 Å². The Balaban J connectivity index is 1.44. The third-order valence-electron chi connectivity index (χ3n) is 9.99. The Kier molecular flexibility index (Phi) is 4.62. The van der Waals surface area contributed by atoms with Crippen LogP contribution in [0, 0.1) is 28.6 Å². The molecule has 0 aromatic carbocycles. The Morgan fingerprint density at radius 1 is 1.07 bits per heavy atom. The fourth-order valence-corrected chi connectivity index (χ4v) is 8.82. The lowest BCUT2D eigenvalue weighted by atomic mass is 9.42. The average Bonchev–Trinajstić information content (AvgIpc) is 3.16. The second kappa shape index (κ2) is 6.68. The summed E-state index contributed by atoms with van der Waals surface area (Å²) in [6.45, 7) is 6.63. The number of esters is 2. The van der Waals surface area contributed by atoms with E-state index in [4.69, 9.17) is 14.2 Å². The molecule has 1 spiro atoms. The highest BCUT2D eigenvalue weighted by molar-refractivity contribution is 5.74. The second-order valence-electron chi connectivity index (χ2n) is 10.9. The molecule has 0 radical (unpaired) electrons. The van der Waals surface area contributed by atoms with Crippen molar-refractivity contribution in [2.24, 2.45) is 28.6 Å². The highest BCUT2D eigenvalue weighted by atomic mass is 16.5. The smallest absolute Gasteiger partial charge is 0.309 e. The molecule has 5 aliphatic rings. The number of hydrogen-bond acceptors (Lipinski definition) is 6. The van der Waals surface area contributed by atoms with Gasteiger partial charge in [0.05, 0.1) is 30.3 Å². The van der Waals surface area contributed by atoms with Gasteiger partial charge in [-0.3, -0.25) is 9.59 Å². The summed E-state index contributed by atoms with van der Waals surface area (Å²) in [6, 6.07) is 0. The molecule has 6 heteroatoms. The summed E-state index contributed by atoms with van der Waals surface area (Å²) < 4.78 is 17.7. The van der Waals surface area contributed by atoms with Crippen molar-refractivity contribution >= 4 is 11.9 Å². The fraction of sp³-hybridized carbons (Fsp3) is 0.917. The van der Waals surface area contributed by atoms with Crippen LogP contribution in [-0.4, -0.2) is 47.6 Å². The maximum atomic E-state index is 12.7. The average molecular weight is 421 g/mol. The van der Waals surface area contributed by atoms with Crippen LogP contribution in [0.25, 0.3) is 0 Å². The van der Waals surface area contributed by atoms with Crippen molar-refractivity contribution in [1.29, 1.82) is 0 Å². The number of carbonyl (C=O) groups excluding carboxylic acids is 2. The number of hydrogen-bond donors (Lipinski definition) is 1. The van der Waals surface area contributed by atoms with Crippen LogP contribution in [0.5, 0.6) is 0 Å². The fourth-order valence-electron chi connectivity index (χ4n) is 8.82. The second-order valence-corrected chi connectivity index (χ2v) is 10.9. The first kappa shape index (κ1) is 20.7. The summed E-state index contributed by atoms with van der Waals surface area (Å²) in [5, 5.41) is 11.9. The van der Waals surface area contributed by atoms with E-state index < -0.39 is 5.60 Å². The van der Waals surface area contributed by atoms with Gasteiger partial charge in [0.1, 0.15) is 6.10 Å². The van der Waals surface area contributed by atoms with Gasteiger partial charge in [-0.05, 0) is 75.5 Å². The van der Waals surface area contributed by atoms with Crippen LogP contribution in [-0.2, 0) is 23.8 Å². The van der Waals surface area contributed by atoms with E-state index in [-0.39, 0.29) is 40.4 Å². The number of rotatable bonds is 3. The molecule has 1 N–H and O–H groups in total. The molecule has 1 heterocycles. The van der Waals surface area contributed by atoms with Gasteiger partial charge >= 0.3 is 11.9 Å². The molecule has 1 aliphatic heterocycles. The lowest BCUT2D eigenvalue weighted by Gasteiger charge is -2.63. The van der Waals surface area contributed by atoms with Gasteiger partial charge in [-0.1, -0.05) is 6.92 Å². The molecule has 5 fully saturated rings. The van der Waals surface area contributed by atoms with Gasteiger partial charge in [0.2, 0.25) is 0 Å². The minimum absolute atomic E-state index is 0.0423. The van der Waals surface area contributed by atoms with Crippen LogP contribution in [0.4, 0.5) is 0 Å². The number of aliphatic hydroxyl groups is 1. The molecule has 30 heavy (non-hydrogen) atoms. The third-order valence-corrected chi connectivity index (χ3v) is 9.99. The van der Waals surface area contributed by atoms with E-state index in [1.807, 2.05) is 6.92 Å². The van der Waals surface area contributed by atoms with E-state index in [1.165, 1.54) is 6.92 Å². The van der Waals surface area contributed by atoms with Crippen molar-refractivity contribution in [3.05, 3.63) is 0 Å². The zero-order valence-electron chi connectivity index (χ0n) is 18.6. The molecule has 8 atom stereocenters. The van der Waals surface area contributed by atoms with E-state index in [2.05, 4.69) is 6.92 Å². The first-order chi connectivity index (χ1) is 14.2. The Morgan fingerprint density at radius 2 is 1.87 bits per heavy atom. The van der Waals surface area contributed by atoms with Crippen molar-refractivity contribution < 1.29 is 28.9 Å². The Labute approximate surface area is 179 Å². The Hall–Kier alpha value is -1.14. The summed E-state index contributed by atoms with van der Waals surface area (Å²) in [5.74, 6) is 0.309. The van der Waals surface area contributed by atoms with Crippen LogP contribution in [0.3, 0.4) is 0 Å². The van der Waals surface area contributed by atoms with E-state index in [0.29, 0.717) is 37.9 Å². The first-order valence-electron chi connectivity index (χ1n) is 11.9. The van der Waals surface area contributed by atoms with Gasteiger partial charge in [-0.2, -0.15) is 0 Å². The van der Waals surface area contributed by atoms with Gasteiger partial charge in [-0.15, -0.1) is 0 Å². The molecule has 4 aliphatic carbocycles. The van der Waals surface area contributed by atoms with E-state index in [1.54, 1.807) is 0 Å². The minimum Gasteiger partial charge on any atom is -0.466 e. The molecule has 0 aromatic rings. The molecule has 4 saturated carbocycles. The summed E-state index contributed by atoms with van der Waals surface area (Å²) in [6.07, 6.45) is 7.35. The maximum Gasteiger partial charge on any atom is 0.309 e. The number of fused-ring (bicyclic) bond motifs is 1. The molecular weight excluding hydrogens is 384 g/mol. The summed E-state index contributed by atoms with van der Waals surface area (Å²) in [7, 11) is 0. The molecule has 0 unspecified atom stereocenters. The van der Waals surface area contributed by atoms with Crippen molar-refractivity contribution in [2.45, 2.75) is 95.9 Å². The largest absolute Gasteiger partial charge is 0.466 e. The summed E-state index contributed by atoms with van der Waals surface area (Å²) in [4.78, 5) is 24.2. The lowest BCUT2D eigenvalue weighted by molar-refractivity contribution is -0.219.